The summed E-state index contributed by atoms with van der Waals surface area (Å²) in [7, 11) is -2.10. The minimum atomic E-state index is -3.89. The zero-order valence-corrected chi connectivity index (χ0v) is 18.4. The van der Waals surface area contributed by atoms with E-state index in [4.69, 9.17) is 27.9 Å². The number of nitrogens with zero attached hydrogens (tertiary/aromatic N) is 4. The van der Waals surface area contributed by atoms with E-state index in [-0.39, 0.29) is 21.6 Å². The Kier molecular flexibility index (Phi) is 5.65. The largest absolute Gasteiger partial charge is 0.437 e. The zero-order valence-electron chi connectivity index (χ0n) is 15.3. The number of anilines is 1. The molecule has 154 valence electrons. The molecule has 4 rings (SSSR count). The van der Waals surface area contributed by atoms with Crippen LogP contribution in [0.4, 0.5) is 5.82 Å². The van der Waals surface area contributed by atoms with Gasteiger partial charge in [0.05, 0.1) is 17.4 Å². The second kappa shape index (κ2) is 8.23. The van der Waals surface area contributed by atoms with Crippen LogP contribution in [0.3, 0.4) is 0 Å². The van der Waals surface area contributed by atoms with Crippen LogP contribution >= 0.6 is 34.5 Å². The lowest BCUT2D eigenvalue weighted by Gasteiger charge is -2.13. The zero-order chi connectivity index (χ0) is 21.3. The minimum Gasteiger partial charge on any atom is -0.437 e. The number of hydrogen-bond acceptors (Lipinski definition) is 7. The maximum Gasteiger partial charge on any atom is 0.264 e. The van der Waals surface area contributed by atoms with E-state index in [9.17, 15) is 8.42 Å². The van der Waals surface area contributed by atoms with Crippen molar-refractivity contribution in [1.82, 2.24) is 19.7 Å². The molecule has 12 heteroatoms. The average molecular weight is 482 g/mol. The van der Waals surface area contributed by atoms with Crippen LogP contribution in [0, 0.1) is 0 Å². The maximum atomic E-state index is 12.5. The third-order valence-corrected chi connectivity index (χ3v) is 6.42. The summed E-state index contributed by atoms with van der Waals surface area (Å²) >= 11 is 13.7. The van der Waals surface area contributed by atoms with Crippen LogP contribution in [-0.4, -0.2) is 28.2 Å². The smallest absolute Gasteiger partial charge is 0.264 e. The van der Waals surface area contributed by atoms with E-state index in [0.717, 1.165) is 11.9 Å². The highest BCUT2D eigenvalue weighted by Gasteiger charge is 2.19. The summed E-state index contributed by atoms with van der Waals surface area (Å²) < 4.78 is 34.9. The Morgan fingerprint density at radius 2 is 2.00 bits per heavy atom. The van der Waals surface area contributed by atoms with Crippen molar-refractivity contribution in [2.75, 3.05) is 4.72 Å². The van der Waals surface area contributed by atoms with Crippen LogP contribution < -0.4 is 9.46 Å². The Morgan fingerprint density at radius 1 is 1.17 bits per heavy atom. The van der Waals surface area contributed by atoms with Crippen molar-refractivity contribution in [2.24, 2.45) is 7.05 Å². The highest BCUT2D eigenvalue weighted by molar-refractivity contribution is 7.92. The predicted octanol–water partition coefficient (Wildman–Crippen LogP) is 4.84. The molecule has 0 atom stereocenters. The van der Waals surface area contributed by atoms with Gasteiger partial charge in [0.1, 0.15) is 15.7 Å². The Morgan fingerprint density at radius 3 is 2.67 bits per heavy atom. The molecular formula is C18H13Cl2N5O3S2. The summed E-state index contributed by atoms with van der Waals surface area (Å²) in [5.74, 6) is 0.710. The van der Waals surface area contributed by atoms with Crippen LogP contribution in [0.1, 0.15) is 0 Å². The highest BCUT2D eigenvalue weighted by atomic mass is 35.5. The first-order valence-electron chi connectivity index (χ1n) is 8.36. The van der Waals surface area contributed by atoms with E-state index in [1.807, 2.05) is 6.07 Å². The van der Waals surface area contributed by atoms with Gasteiger partial charge in [-0.2, -0.15) is 5.10 Å². The molecule has 0 fully saturated rings. The van der Waals surface area contributed by atoms with Crippen molar-refractivity contribution in [3.63, 3.8) is 0 Å². The normalized spacial score (nSPS) is 11.4. The van der Waals surface area contributed by atoms with Gasteiger partial charge < -0.3 is 4.74 Å². The Bertz CT molecular complexity index is 1310. The number of pyridine rings is 1. The molecule has 0 unspecified atom stereocenters. The molecule has 0 radical (unpaired) electrons. The number of sulfonamides is 1. The molecule has 0 saturated heterocycles. The molecule has 30 heavy (non-hydrogen) atoms. The van der Waals surface area contributed by atoms with Gasteiger partial charge in [-0.25, -0.2) is 18.4 Å². The fourth-order valence-corrected chi connectivity index (χ4v) is 4.59. The Balaban J connectivity index is 1.65. The van der Waals surface area contributed by atoms with E-state index in [0.29, 0.717) is 16.3 Å². The monoisotopic (exact) mass is 481 g/mol. The number of thiazole rings is 1. The van der Waals surface area contributed by atoms with E-state index in [1.54, 1.807) is 41.5 Å². The number of rotatable bonds is 6. The highest BCUT2D eigenvalue weighted by Crippen LogP contribution is 2.37. The van der Waals surface area contributed by atoms with E-state index >= 15 is 0 Å². The molecule has 0 bridgehead atoms. The summed E-state index contributed by atoms with van der Waals surface area (Å²) in [6.45, 7) is 0. The molecule has 3 aromatic heterocycles. The van der Waals surface area contributed by atoms with Gasteiger partial charge in [0.25, 0.3) is 10.0 Å². The van der Waals surface area contributed by atoms with Crippen LogP contribution in [0.15, 0.2) is 58.5 Å². The lowest BCUT2D eigenvalue weighted by molar-refractivity contribution is 0.463. The topological polar surface area (TPSA) is 99.0 Å². The Hall–Kier alpha value is -2.66. The molecule has 0 aliphatic heterocycles. The predicted molar refractivity (Wildman–Crippen MR) is 116 cm³/mol. The lowest BCUT2D eigenvalue weighted by Crippen LogP contribution is -2.13. The summed E-state index contributed by atoms with van der Waals surface area (Å²) in [5.41, 5.74) is 2.98. The molecule has 1 aromatic carbocycles. The number of aromatic nitrogens is 4. The van der Waals surface area contributed by atoms with Crippen LogP contribution in [0.2, 0.25) is 10.0 Å². The van der Waals surface area contributed by atoms with Gasteiger partial charge in [-0.1, -0.05) is 23.2 Å². The van der Waals surface area contributed by atoms with Crippen LogP contribution in [-0.2, 0) is 17.1 Å². The van der Waals surface area contributed by atoms with Crippen LogP contribution in [0.5, 0.6) is 11.6 Å². The number of halogens is 2. The van der Waals surface area contributed by atoms with Crippen molar-refractivity contribution in [2.45, 2.75) is 4.90 Å². The molecular weight excluding hydrogens is 469 g/mol. The van der Waals surface area contributed by atoms with Gasteiger partial charge in [-0.15, -0.1) is 11.3 Å². The fourth-order valence-electron chi connectivity index (χ4n) is 2.62. The third-order valence-electron chi connectivity index (χ3n) is 4.01. The van der Waals surface area contributed by atoms with Crippen molar-refractivity contribution in [3.05, 3.63) is 63.7 Å². The molecule has 0 aliphatic carbocycles. The van der Waals surface area contributed by atoms with Gasteiger partial charge in [-0.3, -0.25) is 9.40 Å². The van der Waals surface area contributed by atoms with E-state index in [1.165, 1.54) is 22.9 Å². The summed E-state index contributed by atoms with van der Waals surface area (Å²) in [5, 5.41) is 6.28. The van der Waals surface area contributed by atoms with E-state index in [2.05, 4.69) is 19.8 Å². The molecule has 8 nitrogen and oxygen atoms in total. The lowest BCUT2D eigenvalue weighted by atomic mass is 10.1. The minimum absolute atomic E-state index is 0.0297. The molecule has 0 aliphatic rings. The van der Waals surface area contributed by atoms with E-state index < -0.39 is 10.0 Å². The van der Waals surface area contributed by atoms with Gasteiger partial charge in [0.2, 0.25) is 5.88 Å². The third kappa shape index (κ3) is 4.26. The SMILES string of the molecule is Cn1nccc1-c1cc(Cl)ccc1Oc1ncc(S(=O)(=O)Nc2cscn2)cc1Cl. The first-order valence-corrected chi connectivity index (χ1v) is 11.5. The van der Waals surface area contributed by atoms with Gasteiger partial charge in [0.15, 0.2) is 5.82 Å². The number of benzene rings is 1. The molecule has 0 saturated carbocycles. The molecule has 4 aromatic rings. The molecule has 3 heterocycles. The summed E-state index contributed by atoms with van der Waals surface area (Å²) in [6, 6.07) is 8.16. The quantitative estimate of drug-likeness (QED) is 0.422. The number of hydrogen-bond donors (Lipinski definition) is 1. The number of ether oxygens (including phenoxy) is 1. The van der Waals surface area contributed by atoms with Gasteiger partial charge >= 0.3 is 0 Å². The summed E-state index contributed by atoms with van der Waals surface area (Å²) in [4.78, 5) is 7.88. The molecule has 1 N–H and O–H groups in total. The van der Waals surface area contributed by atoms with Crippen molar-refractivity contribution in [1.29, 1.82) is 0 Å². The number of aryl methyl sites for hydroxylation is 1. The first-order chi connectivity index (χ1) is 14.3. The second-order valence-electron chi connectivity index (χ2n) is 6.02. The summed E-state index contributed by atoms with van der Waals surface area (Å²) in [6.07, 6.45) is 2.82. The Labute approximate surface area is 186 Å². The van der Waals surface area contributed by atoms with Crippen LogP contribution in [0.25, 0.3) is 11.3 Å². The first kappa shape index (κ1) is 20.6. The number of nitrogens with one attached hydrogen (secondary N) is 1. The molecule has 0 amide bonds. The van der Waals surface area contributed by atoms with Crippen molar-refractivity contribution in [3.8, 4) is 22.9 Å². The van der Waals surface area contributed by atoms with Crippen molar-refractivity contribution < 1.29 is 13.2 Å². The maximum absolute atomic E-state index is 12.5. The van der Waals surface area contributed by atoms with Crippen molar-refractivity contribution >= 4 is 50.4 Å². The standard InChI is InChI=1S/C18H13Cl2N5O3S2/c1-25-15(4-5-23-25)13-6-11(19)2-3-16(13)28-18-14(20)7-12(8-21-18)30(26,27)24-17-9-29-10-22-17/h2-10,24H,1H3. The van der Waals surface area contributed by atoms with Gasteiger partial charge in [-0.05, 0) is 30.3 Å². The van der Waals surface area contributed by atoms with Gasteiger partial charge in [0, 0.05) is 29.2 Å². The fraction of sp³-hybridized carbons (Fsp3) is 0.0556. The molecule has 0 spiro atoms. The second-order valence-corrected chi connectivity index (χ2v) is 9.26. The average Bonchev–Trinajstić information content (AvgIpc) is 3.35.